The molecule has 0 amide bonds. The van der Waals surface area contributed by atoms with Gasteiger partial charge in [-0.25, -0.2) is 4.79 Å². The molecule has 0 spiro atoms. The van der Waals surface area contributed by atoms with E-state index in [1.807, 2.05) is 24.3 Å². The molecule has 6 atom stereocenters. The number of halogens is 2. The number of aryl methyl sites for hydroxylation is 2. The van der Waals surface area contributed by atoms with Crippen molar-refractivity contribution in [3.63, 3.8) is 0 Å². The summed E-state index contributed by atoms with van der Waals surface area (Å²) in [7, 11) is 0. The van der Waals surface area contributed by atoms with Gasteiger partial charge < -0.3 is 19.5 Å². The molecule has 9 heteroatoms. The number of hydrogen-bond donors (Lipinski definition) is 1. The lowest BCUT2D eigenvalue weighted by molar-refractivity contribution is -0.172. The first-order valence-electron chi connectivity index (χ1n) is 16.9. The van der Waals surface area contributed by atoms with E-state index in [-0.39, 0.29) is 23.7 Å². The number of anilines is 1. The van der Waals surface area contributed by atoms with Gasteiger partial charge in [-0.05, 0) is 115 Å². The molecule has 0 radical (unpaired) electrons. The van der Waals surface area contributed by atoms with E-state index in [4.69, 9.17) is 32.7 Å². The van der Waals surface area contributed by atoms with Crippen LogP contribution in [-0.4, -0.2) is 54.0 Å². The number of carbonyl (C=O) groups is 3. The topological polar surface area (TPSA) is 93.1 Å². The number of carbonyl (C=O) groups excluding carboxylic acids is 2. The SMILES string of the molecule is CCC(=O)Oc1ccc2c(c1)CC[C@@H]1[C@@H]2CC[C@]2(C)[C@@H](C(OC(=O)CCCc3ccc(N(CCCl)CCCl)cc3)C(=O)O)CC[C@@H]12. The third-order valence-corrected chi connectivity index (χ3v) is 11.4. The number of aliphatic carboxylic acids is 1. The molecule has 2 saturated carbocycles. The van der Waals surface area contributed by atoms with Crippen LogP contribution in [0.2, 0.25) is 0 Å². The molecule has 1 unspecified atom stereocenters. The summed E-state index contributed by atoms with van der Waals surface area (Å²) in [6.45, 7) is 5.47. The average molecular weight is 673 g/mol. The maximum absolute atomic E-state index is 13.0. The zero-order valence-corrected chi connectivity index (χ0v) is 28.5. The maximum Gasteiger partial charge on any atom is 0.345 e. The molecule has 0 aromatic heterocycles. The molecular weight excluding hydrogens is 625 g/mol. The smallest absolute Gasteiger partial charge is 0.345 e. The summed E-state index contributed by atoms with van der Waals surface area (Å²) in [5.74, 6) is 1.02. The molecule has 5 rings (SSSR count). The van der Waals surface area contributed by atoms with Gasteiger partial charge in [0.2, 0.25) is 6.10 Å². The number of hydrogen-bond acceptors (Lipinski definition) is 6. The molecular formula is C37H47Cl2NO6. The van der Waals surface area contributed by atoms with Gasteiger partial charge in [-0.3, -0.25) is 9.59 Å². The van der Waals surface area contributed by atoms with E-state index >= 15 is 0 Å². The molecule has 2 aromatic carbocycles. The number of alkyl halides is 2. The number of fused-ring (bicyclic) bond motifs is 5. The minimum absolute atomic E-state index is 0.181. The van der Waals surface area contributed by atoms with Gasteiger partial charge in [0.1, 0.15) is 5.75 Å². The van der Waals surface area contributed by atoms with Crippen molar-refractivity contribution in [1.82, 2.24) is 0 Å². The predicted octanol–water partition coefficient (Wildman–Crippen LogP) is 7.78. The fraction of sp³-hybridized carbons (Fsp3) is 0.595. The van der Waals surface area contributed by atoms with E-state index in [2.05, 4.69) is 30.0 Å². The molecule has 2 aromatic rings. The third-order valence-electron chi connectivity index (χ3n) is 11.0. The second-order valence-corrected chi connectivity index (χ2v) is 14.2. The lowest BCUT2D eigenvalue weighted by atomic mass is 9.53. The fourth-order valence-electron chi connectivity index (χ4n) is 8.75. The first-order chi connectivity index (χ1) is 22.2. The number of esters is 2. The summed E-state index contributed by atoms with van der Waals surface area (Å²) in [5, 5.41) is 10.3. The van der Waals surface area contributed by atoms with Crippen LogP contribution in [0.4, 0.5) is 5.69 Å². The Morgan fingerprint density at radius 2 is 1.74 bits per heavy atom. The standard InChI is InChI=1S/C37H47Cl2NO6/c1-3-33(41)45-27-12-14-28-25(23-27)9-13-30-29(28)17-18-37(2)31(30)15-16-32(37)35(36(43)44)46-34(42)6-4-5-24-7-10-26(11-8-24)40(21-19-38)22-20-39/h7-8,10-12,14,23,29-32,35H,3-6,9,13,15-22H2,1-2H3,(H,43,44)/t29-,30-,31+,32-,35?,37+/m1/s1. The van der Waals surface area contributed by atoms with Gasteiger partial charge in [-0.2, -0.15) is 0 Å². The minimum atomic E-state index is -1.13. The molecule has 250 valence electrons. The molecule has 0 saturated heterocycles. The largest absolute Gasteiger partial charge is 0.478 e. The number of benzene rings is 2. The van der Waals surface area contributed by atoms with Crippen molar-refractivity contribution in [2.24, 2.45) is 23.2 Å². The van der Waals surface area contributed by atoms with Crippen molar-refractivity contribution < 1.29 is 29.0 Å². The van der Waals surface area contributed by atoms with Gasteiger partial charge in [-0.15, -0.1) is 23.2 Å². The first kappa shape index (κ1) is 34.6. The van der Waals surface area contributed by atoms with E-state index in [9.17, 15) is 19.5 Å². The Morgan fingerprint density at radius 1 is 1.00 bits per heavy atom. The van der Waals surface area contributed by atoms with Gasteiger partial charge in [0, 0.05) is 49.3 Å². The van der Waals surface area contributed by atoms with E-state index in [0.29, 0.717) is 54.5 Å². The van der Waals surface area contributed by atoms with Gasteiger partial charge >= 0.3 is 17.9 Å². The summed E-state index contributed by atoms with van der Waals surface area (Å²) < 4.78 is 11.3. The summed E-state index contributed by atoms with van der Waals surface area (Å²) >= 11 is 11.9. The predicted molar refractivity (Wildman–Crippen MR) is 181 cm³/mol. The van der Waals surface area contributed by atoms with Crippen LogP contribution in [0.5, 0.6) is 5.75 Å². The highest BCUT2D eigenvalue weighted by atomic mass is 35.5. The number of carboxylic acids is 1. The minimum Gasteiger partial charge on any atom is -0.478 e. The maximum atomic E-state index is 13.0. The van der Waals surface area contributed by atoms with E-state index in [1.165, 1.54) is 11.1 Å². The summed E-state index contributed by atoms with van der Waals surface area (Å²) in [5.41, 5.74) is 4.58. The highest BCUT2D eigenvalue weighted by Gasteiger charge is 2.58. The molecule has 2 fully saturated rings. The summed E-state index contributed by atoms with van der Waals surface area (Å²) in [6, 6.07) is 14.3. The Morgan fingerprint density at radius 3 is 2.41 bits per heavy atom. The van der Waals surface area contributed by atoms with Crippen LogP contribution in [0.1, 0.15) is 87.8 Å². The number of ether oxygens (including phenoxy) is 2. The normalized spacial score (nSPS) is 25.5. The average Bonchev–Trinajstić information content (AvgIpc) is 3.40. The monoisotopic (exact) mass is 671 g/mol. The van der Waals surface area contributed by atoms with Crippen molar-refractivity contribution in [3.8, 4) is 5.75 Å². The second-order valence-electron chi connectivity index (χ2n) is 13.5. The number of carboxylic acid groups (broad SMARTS) is 1. The van der Waals surface area contributed by atoms with Gasteiger partial charge in [0.05, 0.1) is 0 Å². The van der Waals surface area contributed by atoms with Crippen LogP contribution < -0.4 is 9.64 Å². The molecule has 0 aliphatic heterocycles. The van der Waals surface area contributed by atoms with Crippen LogP contribution in [0.25, 0.3) is 0 Å². The molecule has 3 aliphatic carbocycles. The van der Waals surface area contributed by atoms with Gasteiger partial charge in [0.15, 0.2) is 0 Å². The Labute approximate surface area is 282 Å². The zero-order chi connectivity index (χ0) is 32.8. The van der Waals surface area contributed by atoms with Crippen LogP contribution >= 0.6 is 23.2 Å². The Kier molecular flexibility index (Phi) is 11.6. The molecule has 3 aliphatic rings. The zero-order valence-electron chi connectivity index (χ0n) is 27.0. The Balaban J connectivity index is 1.18. The first-order valence-corrected chi connectivity index (χ1v) is 18.0. The van der Waals surface area contributed by atoms with Crippen molar-refractivity contribution in [2.75, 3.05) is 29.7 Å². The van der Waals surface area contributed by atoms with E-state index < -0.39 is 18.0 Å². The van der Waals surface area contributed by atoms with Crippen LogP contribution in [0, 0.1) is 23.2 Å². The van der Waals surface area contributed by atoms with Crippen LogP contribution in [0.15, 0.2) is 42.5 Å². The quantitative estimate of drug-likeness (QED) is 0.125. The highest BCUT2D eigenvalue weighted by molar-refractivity contribution is 6.18. The third kappa shape index (κ3) is 7.52. The second kappa shape index (κ2) is 15.4. The summed E-state index contributed by atoms with van der Waals surface area (Å²) in [6.07, 6.45) is 6.23. The Hall–Kier alpha value is -2.77. The van der Waals surface area contributed by atoms with Crippen molar-refractivity contribution in [3.05, 3.63) is 59.2 Å². The molecule has 0 bridgehead atoms. The van der Waals surface area contributed by atoms with Crippen LogP contribution in [0.3, 0.4) is 0 Å². The lowest BCUT2D eigenvalue weighted by Crippen LogP contribution is -2.47. The summed E-state index contributed by atoms with van der Waals surface area (Å²) in [4.78, 5) is 39.5. The Bertz CT molecular complexity index is 1380. The number of nitrogens with zero attached hydrogens (tertiary/aromatic N) is 1. The van der Waals surface area contributed by atoms with Crippen LogP contribution in [-0.2, 0) is 32.0 Å². The van der Waals surface area contributed by atoms with Crippen molar-refractivity contribution in [1.29, 1.82) is 0 Å². The fourth-order valence-corrected chi connectivity index (χ4v) is 9.16. The van der Waals surface area contributed by atoms with E-state index in [1.54, 1.807) is 6.92 Å². The lowest BCUT2D eigenvalue weighted by Gasteiger charge is -2.51. The highest BCUT2D eigenvalue weighted by Crippen LogP contribution is 2.64. The van der Waals surface area contributed by atoms with Gasteiger partial charge in [-0.1, -0.05) is 32.0 Å². The molecule has 0 heterocycles. The molecule has 46 heavy (non-hydrogen) atoms. The van der Waals surface area contributed by atoms with E-state index in [0.717, 1.165) is 62.9 Å². The van der Waals surface area contributed by atoms with Crippen molar-refractivity contribution >= 4 is 46.8 Å². The number of rotatable bonds is 14. The molecule has 7 nitrogen and oxygen atoms in total. The molecule has 1 N–H and O–H groups in total. The van der Waals surface area contributed by atoms with Crippen molar-refractivity contribution in [2.45, 2.75) is 90.1 Å². The van der Waals surface area contributed by atoms with Gasteiger partial charge in [0.25, 0.3) is 0 Å².